The lowest BCUT2D eigenvalue weighted by molar-refractivity contribution is -0.144. The van der Waals surface area contributed by atoms with Crippen molar-refractivity contribution in [2.24, 2.45) is 0 Å². The number of halogens is 12. The second kappa shape index (κ2) is 12.8. The van der Waals surface area contributed by atoms with Crippen LogP contribution in [0.25, 0.3) is 54.9 Å². The van der Waals surface area contributed by atoms with E-state index in [2.05, 4.69) is 0 Å². The Morgan fingerprint density at radius 2 is 0.685 bits per heavy atom. The Bertz CT molecular complexity index is 2270. The van der Waals surface area contributed by atoms with Gasteiger partial charge in [0.05, 0.1) is 33.4 Å². The molecule has 6 rings (SSSR count). The van der Waals surface area contributed by atoms with E-state index >= 15 is 0 Å². The van der Waals surface area contributed by atoms with Crippen LogP contribution in [-0.2, 0) is 24.7 Å². The molecule has 0 heterocycles. The standard InChI is InChI=1S/C38H18F12O4/c39-35(40,41)21-9-19(10-22(15-21)36(42,43)44)27-13-17-5-1-3-7-25(17)29(31(27)33(51)52)30-26-8-4-2-6-18(26)14-28(32(30)34(53)54)20-11-23(37(45,46)47)16-24(12-20)38(48,49)50/h1-16H,(H,51,52)(H,53,54). The van der Waals surface area contributed by atoms with Gasteiger partial charge in [-0.3, -0.25) is 0 Å². The van der Waals surface area contributed by atoms with Gasteiger partial charge in [-0.15, -0.1) is 0 Å². The zero-order valence-corrected chi connectivity index (χ0v) is 26.5. The highest BCUT2D eigenvalue weighted by Crippen LogP contribution is 2.48. The molecule has 0 radical (unpaired) electrons. The van der Waals surface area contributed by atoms with E-state index in [0.29, 0.717) is 0 Å². The van der Waals surface area contributed by atoms with Crippen molar-refractivity contribution in [3.8, 4) is 33.4 Å². The third-order valence-corrected chi connectivity index (χ3v) is 8.57. The molecule has 0 aliphatic heterocycles. The van der Waals surface area contributed by atoms with Crippen LogP contribution in [0.3, 0.4) is 0 Å². The number of benzene rings is 6. The number of aromatic carboxylic acids is 2. The summed E-state index contributed by atoms with van der Waals surface area (Å²) in [6.45, 7) is 0. The lowest BCUT2D eigenvalue weighted by Gasteiger charge is -2.22. The molecule has 278 valence electrons. The normalized spacial score (nSPS) is 12.7. The zero-order valence-electron chi connectivity index (χ0n) is 26.5. The molecule has 0 aliphatic rings. The highest BCUT2D eigenvalue weighted by Gasteiger charge is 2.40. The van der Waals surface area contributed by atoms with Gasteiger partial charge in [0, 0.05) is 11.1 Å². The molecule has 4 nitrogen and oxygen atoms in total. The van der Waals surface area contributed by atoms with Gasteiger partial charge in [0.1, 0.15) is 0 Å². The number of alkyl halides is 12. The summed E-state index contributed by atoms with van der Waals surface area (Å²) in [7, 11) is 0. The predicted molar refractivity (Wildman–Crippen MR) is 172 cm³/mol. The van der Waals surface area contributed by atoms with Crippen LogP contribution in [0.2, 0.25) is 0 Å². The quantitative estimate of drug-likeness (QED) is 0.171. The fraction of sp³-hybridized carbons (Fsp3) is 0.105. The first-order valence-corrected chi connectivity index (χ1v) is 15.1. The van der Waals surface area contributed by atoms with Gasteiger partial charge in [0.2, 0.25) is 0 Å². The Hall–Kier alpha value is -6.06. The maximum absolute atomic E-state index is 13.9. The van der Waals surface area contributed by atoms with Gasteiger partial charge in [-0.2, -0.15) is 52.7 Å². The molecule has 0 atom stereocenters. The zero-order chi connectivity index (χ0) is 39.7. The van der Waals surface area contributed by atoms with Gasteiger partial charge in [0.25, 0.3) is 0 Å². The Morgan fingerprint density at radius 3 is 0.944 bits per heavy atom. The number of hydrogen-bond acceptors (Lipinski definition) is 2. The molecular weight excluding hydrogens is 748 g/mol. The number of carbonyl (C=O) groups is 2. The van der Waals surface area contributed by atoms with E-state index in [-0.39, 0.29) is 57.9 Å². The molecule has 6 aromatic rings. The van der Waals surface area contributed by atoms with Gasteiger partial charge in [0.15, 0.2) is 0 Å². The van der Waals surface area contributed by atoms with E-state index in [4.69, 9.17) is 0 Å². The van der Waals surface area contributed by atoms with Crippen LogP contribution in [0.15, 0.2) is 97.1 Å². The molecule has 0 saturated heterocycles. The number of fused-ring (bicyclic) bond motifs is 2. The van der Waals surface area contributed by atoms with E-state index in [1.807, 2.05) is 0 Å². The SMILES string of the molecule is O=C(O)c1c(-c2cc(C(F)(F)F)cc(C(F)(F)F)c2)cc2ccccc2c1-c1c(C(=O)O)c(-c2cc(C(F)(F)F)cc(C(F)(F)F)c2)cc2ccccc12. The fourth-order valence-electron chi connectivity index (χ4n) is 6.33. The minimum absolute atomic E-state index is 0.0253. The smallest absolute Gasteiger partial charge is 0.416 e. The van der Waals surface area contributed by atoms with Crippen molar-refractivity contribution in [2.45, 2.75) is 24.7 Å². The van der Waals surface area contributed by atoms with Crippen LogP contribution in [0.1, 0.15) is 43.0 Å². The van der Waals surface area contributed by atoms with Gasteiger partial charge < -0.3 is 10.2 Å². The van der Waals surface area contributed by atoms with Crippen molar-refractivity contribution >= 4 is 33.5 Å². The van der Waals surface area contributed by atoms with Crippen LogP contribution >= 0.6 is 0 Å². The third-order valence-electron chi connectivity index (χ3n) is 8.57. The first-order chi connectivity index (χ1) is 25.0. The first kappa shape index (κ1) is 37.7. The fourth-order valence-corrected chi connectivity index (χ4v) is 6.33. The molecule has 54 heavy (non-hydrogen) atoms. The topological polar surface area (TPSA) is 74.6 Å². The van der Waals surface area contributed by atoms with Gasteiger partial charge >= 0.3 is 36.6 Å². The van der Waals surface area contributed by atoms with Crippen LogP contribution in [0.5, 0.6) is 0 Å². The molecule has 0 saturated carbocycles. The van der Waals surface area contributed by atoms with E-state index in [1.54, 1.807) is 0 Å². The minimum Gasteiger partial charge on any atom is -0.478 e. The maximum Gasteiger partial charge on any atom is 0.416 e. The molecule has 0 aliphatic carbocycles. The third kappa shape index (κ3) is 6.90. The van der Waals surface area contributed by atoms with E-state index in [9.17, 15) is 72.5 Å². The Labute approximate surface area is 294 Å². The second-order valence-corrected chi connectivity index (χ2v) is 12.0. The minimum atomic E-state index is -5.36. The predicted octanol–water partition coefficient (Wildman–Crippen LogP) is 12.5. The summed E-state index contributed by atoms with van der Waals surface area (Å²) in [5, 5.41) is 21.1. The molecule has 0 spiro atoms. The molecule has 6 aromatic carbocycles. The summed E-state index contributed by atoms with van der Waals surface area (Å²) in [5.74, 6) is -3.94. The molecule has 0 bridgehead atoms. The second-order valence-electron chi connectivity index (χ2n) is 12.0. The molecule has 0 amide bonds. The number of carboxylic acids is 2. The maximum atomic E-state index is 13.9. The summed E-state index contributed by atoms with van der Waals surface area (Å²) in [5.41, 5.74) is -13.7. The van der Waals surface area contributed by atoms with Crippen LogP contribution in [0, 0.1) is 0 Å². The monoisotopic (exact) mass is 766 g/mol. The van der Waals surface area contributed by atoms with Crippen molar-refractivity contribution in [1.29, 1.82) is 0 Å². The average Bonchev–Trinajstić information content (AvgIpc) is 3.08. The average molecular weight is 767 g/mol. The van der Waals surface area contributed by atoms with E-state index < -0.39 is 103 Å². The van der Waals surface area contributed by atoms with Crippen molar-refractivity contribution in [3.05, 3.63) is 130 Å². The summed E-state index contributed by atoms with van der Waals surface area (Å²) >= 11 is 0. The van der Waals surface area contributed by atoms with E-state index in [1.165, 1.54) is 48.5 Å². The number of carboxylic acid groups (broad SMARTS) is 2. The molecule has 0 fully saturated rings. The summed E-state index contributed by atoms with van der Waals surface area (Å²) < 4.78 is 167. The van der Waals surface area contributed by atoms with Crippen LogP contribution < -0.4 is 0 Å². The number of hydrogen-bond donors (Lipinski definition) is 2. The van der Waals surface area contributed by atoms with Crippen molar-refractivity contribution in [1.82, 2.24) is 0 Å². The Kier molecular flexibility index (Phi) is 8.94. The first-order valence-electron chi connectivity index (χ1n) is 15.1. The summed E-state index contributed by atoms with van der Waals surface area (Å²) in [6.07, 6.45) is -21.4. The molecule has 0 aromatic heterocycles. The Morgan fingerprint density at radius 1 is 0.407 bits per heavy atom. The van der Waals surface area contributed by atoms with Gasteiger partial charge in [-0.1, -0.05) is 48.5 Å². The summed E-state index contributed by atoms with van der Waals surface area (Å²) in [4.78, 5) is 26.5. The van der Waals surface area contributed by atoms with Crippen LogP contribution in [-0.4, -0.2) is 22.2 Å². The van der Waals surface area contributed by atoms with Crippen LogP contribution in [0.4, 0.5) is 52.7 Å². The lowest BCUT2D eigenvalue weighted by atomic mass is 9.80. The molecule has 16 heteroatoms. The van der Waals surface area contributed by atoms with Crippen molar-refractivity contribution < 1.29 is 72.5 Å². The largest absolute Gasteiger partial charge is 0.478 e. The molecular formula is C38H18F12O4. The van der Waals surface area contributed by atoms with E-state index in [0.717, 1.165) is 12.1 Å². The Balaban J connectivity index is 1.86. The van der Waals surface area contributed by atoms with Crippen molar-refractivity contribution in [2.75, 3.05) is 0 Å². The molecule has 2 N–H and O–H groups in total. The van der Waals surface area contributed by atoms with Gasteiger partial charge in [-0.25, -0.2) is 9.59 Å². The number of rotatable bonds is 5. The molecule has 0 unspecified atom stereocenters. The highest BCUT2D eigenvalue weighted by atomic mass is 19.4. The van der Waals surface area contributed by atoms with Crippen molar-refractivity contribution in [3.63, 3.8) is 0 Å². The lowest BCUT2D eigenvalue weighted by Crippen LogP contribution is -2.13. The summed E-state index contributed by atoms with van der Waals surface area (Å²) in [6, 6.07) is 13.2. The highest BCUT2D eigenvalue weighted by molar-refractivity contribution is 6.21. The van der Waals surface area contributed by atoms with Gasteiger partial charge in [-0.05, 0) is 92.3 Å².